The standard InChI is InChI=1S/C27H32FN3O6/c1-3-37-24(32)15-22(18-7-9-23(36-2)21(28)14-18)30-26(33)19-11-16(12-19)13-20-8-6-17-5-4-10-31(27(34)35)25(17)29-20/h6-9,14,16,19,22H,3-5,10-13,15H2,1-2H3,(H,30,33)(H,34,35). The van der Waals surface area contributed by atoms with Crippen LogP contribution in [0.5, 0.6) is 5.75 Å². The number of anilines is 1. The highest BCUT2D eigenvalue weighted by Gasteiger charge is 2.36. The first-order chi connectivity index (χ1) is 17.8. The van der Waals surface area contributed by atoms with E-state index in [2.05, 4.69) is 10.3 Å². The van der Waals surface area contributed by atoms with Gasteiger partial charge in [0.1, 0.15) is 5.82 Å². The molecular weight excluding hydrogens is 481 g/mol. The zero-order chi connectivity index (χ0) is 26.5. The van der Waals surface area contributed by atoms with E-state index in [1.54, 1.807) is 13.0 Å². The largest absolute Gasteiger partial charge is 0.494 e. The monoisotopic (exact) mass is 513 g/mol. The van der Waals surface area contributed by atoms with Crippen molar-refractivity contribution in [1.29, 1.82) is 0 Å². The van der Waals surface area contributed by atoms with E-state index in [1.807, 2.05) is 12.1 Å². The molecule has 1 aromatic carbocycles. The minimum atomic E-state index is -1.000. The molecule has 2 heterocycles. The number of pyridine rings is 1. The molecule has 0 saturated heterocycles. The quantitative estimate of drug-likeness (QED) is 0.486. The molecule has 37 heavy (non-hydrogen) atoms. The number of aromatic nitrogens is 1. The number of esters is 1. The second kappa shape index (κ2) is 11.6. The van der Waals surface area contributed by atoms with E-state index < -0.39 is 23.9 Å². The van der Waals surface area contributed by atoms with Gasteiger partial charge in [-0.25, -0.2) is 14.2 Å². The smallest absolute Gasteiger partial charge is 0.413 e. The highest BCUT2D eigenvalue weighted by atomic mass is 19.1. The Hall–Kier alpha value is -3.69. The zero-order valence-electron chi connectivity index (χ0n) is 21.0. The SMILES string of the molecule is CCOC(=O)CC(NC(=O)C1CC(Cc2ccc3c(n2)N(C(=O)O)CCC3)C1)c1ccc(OC)c(F)c1. The van der Waals surface area contributed by atoms with Crippen molar-refractivity contribution in [3.05, 3.63) is 53.0 Å². The minimum absolute atomic E-state index is 0.0778. The van der Waals surface area contributed by atoms with Crippen LogP contribution in [-0.4, -0.2) is 48.3 Å². The Morgan fingerprint density at radius 1 is 1.24 bits per heavy atom. The predicted molar refractivity (Wildman–Crippen MR) is 133 cm³/mol. The van der Waals surface area contributed by atoms with Crippen molar-refractivity contribution in [3.8, 4) is 5.75 Å². The molecule has 2 amide bonds. The van der Waals surface area contributed by atoms with Crippen LogP contribution in [0.1, 0.15) is 55.5 Å². The number of fused-ring (bicyclic) bond motifs is 1. The number of halogens is 1. The van der Waals surface area contributed by atoms with Crippen LogP contribution < -0.4 is 15.0 Å². The average Bonchev–Trinajstić information content (AvgIpc) is 2.85. The average molecular weight is 514 g/mol. The van der Waals surface area contributed by atoms with Crippen LogP contribution in [0.25, 0.3) is 0 Å². The van der Waals surface area contributed by atoms with Gasteiger partial charge in [-0.05, 0) is 74.3 Å². The van der Waals surface area contributed by atoms with E-state index in [0.717, 1.165) is 24.1 Å². The van der Waals surface area contributed by atoms with E-state index in [1.165, 1.54) is 24.1 Å². The first kappa shape index (κ1) is 26.4. The van der Waals surface area contributed by atoms with Crippen molar-refractivity contribution in [2.45, 2.75) is 51.5 Å². The molecule has 1 fully saturated rings. The number of nitrogens with one attached hydrogen (secondary N) is 1. The maximum absolute atomic E-state index is 14.3. The number of amides is 2. The lowest BCUT2D eigenvalue weighted by Crippen LogP contribution is -2.41. The highest BCUT2D eigenvalue weighted by Crippen LogP contribution is 2.37. The van der Waals surface area contributed by atoms with Gasteiger partial charge >= 0.3 is 12.1 Å². The molecule has 0 bridgehead atoms. The van der Waals surface area contributed by atoms with E-state index in [9.17, 15) is 23.9 Å². The molecule has 2 aliphatic rings. The summed E-state index contributed by atoms with van der Waals surface area (Å²) in [6.45, 7) is 2.35. The summed E-state index contributed by atoms with van der Waals surface area (Å²) >= 11 is 0. The number of methoxy groups -OCH3 is 1. The molecule has 10 heteroatoms. The molecule has 2 N–H and O–H groups in total. The molecule has 9 nitrogen and oxygen atoms in total. The summed E-state index contributed by atoms with van der Waals surface area (Å²) in [4.78, 5) is 42.6. The van der Waals surface area contributed by atoms with Crippen LogP contribution in [0.2, 0.25) is 0 Å². The fourth-order valence-corrected chi connectivity index (χ4v) is 5.02. The number of carbonyl (C=O) groups is 3. The van der Waals surface area contributed by atoms with E-state index in [0.29, 0.717) is 37.2 Å². The Bertz CT molecular complexity index is 1170. The van der Waals surface area contributed by atoms with Crippen LogP contribution in [0, 0.1) is 17.7 Å². The van der Waals surface area contributed by atoms with E-state index in [-0.39, 0.29) is 36.5 Å². The second-order valence-electron chi connectivity index (χ2n) is 9.53. The van der Waals surface area contributed by atoms with Gasteiger partial charge in [0.2, 0.25) is 5.91 Å². The lowest BCUT2D eigenvalue weighted by molar-refractivity contribution is -0.144. The summed E-state index contributed by atoms with van der Waals surface area (Å²) in [7, 11) is 1.37. The van der Waals surface area contributed by atoms with Crippen molar-refractivity contribution in [2.24, 2.45) is 11.8 Å². The molecule has 1 saturated carbocycles. The Morgan fingerprint density at radius 2 is 2.03 bits per heavy atom. The fourth-order valence-electron chi connectivity index (χ4n) is 5.02. The van der Waals surface area contributed by atoms with Crippen molar-refractivity contribution < 1.29 is 33.4 Å². The van der Waals surface area contributed by atoms with Gasteiger partial charge in [-0.2, -0.15) is 0 Å². The zero-order valence-corrected chi connectivity index (χ0v) is 21.0. The van der Waals surface area contributed by atoms with Crippen molar-refractivity contribution in [1.82, 2.24) is 10.3 Å². The van der Waals surface area contributed by atoms with Crippen LogP contribution in [0.15, 0.2) is 30.3 Å². The third-order valence-electron chi connectivity index (χ3n) is 7.00. The maximum Gasteiger partial charge on any atom is 0.413 e. The van der Waals surface area contributed by atoms with Gasteiger partial charge in [-0.3, -0.25) is 14.5 Å². The number of rotatable bonds is 9. The van der Waals surface area contributed by atoms with Gasteiger partial charge in [0.15, 0.2) is 11.6 Å². The summed E-state index contributed by atoms with van der Waals surface area (Å²) in [6, 6.07) is 7.50. The van der Waals surface area contributed by atoms with Crippen LogP contribution in [-0.2, 0) is 27.2 Å². The first-order valence-electron chi connectivity index (χ1n) is 12.6. The minimum Gasteiger partial charge on any atom is -0.494 e. The first-order valence-corrected chi connectivity index (χ1v) is 12.6. The lowest BCUT2D eigenvalue weighted by Gasteiger charge is -2.35. The van der Waals surface area contributed by atoms with Crippen LogP contribution >= 0.6 is 0 Å². The number of aryl methyl sites for hydroxylation is 1. The number of carboxylic acid groups (broad SMARTS) is 1. The Kier molecular flexibility index (Phi) is 8.25. The van der Waals surface area contributed by atoms with Crippen molar-refractivity contribution >= 4 is 23.8 Å². The molecule has 198 valence electrons. The number of benzene rings is 1. The molecule has 0 spiro atoms. The normalized spacial score (nSPS) is 19.3. The number of hydrogen-bond donors (Lipinski definition) is 2. The molecule has 4 rings (SSSR count). The second-order valence-corrected chi connectivity index (χ2v) is 9.53. The topological polar surface area (TPSA) is 118 Å². The van der Waals surface area contributed by atoms with Crippen LogP contribution in [0.4, 0.5) is 15.0 Å². The molecule has 1 aromatic heterocycles. The summed E-state index contributed by atoms with van der Waals surface area (Å²) < 4.78 is 24.3. The van der Waals surface area contributed by atoms with Gasteiger partial charge in [0, 0.05) is 18.2 Å². The highest BCUT2D eigenvalue weighted by molar-refractivity contribution is 5.86. The molecule has 1 unspecified atom stereocenters. The Balaban J connectivity index is 1.37. The van der Waals surface area contributed by atoms with Gasteiger partial charge in [-0.15, -0.1) is 0 Å². The fraction of sp³-hybridized carbons (Fsp3) is 0.481. The predicted octanol–water partition coefficient (Wildman–Crippen LogP) is 4.04. The van der Waals surface area contributed by atoms with Gasteiger partial charge in [-0.1, -0.05) is 12.1 Å². The number of carbonyl (C=O) groups excluding carboxylic acids is 2. The third-order valence-corrected chi connectivity index (χ3v) is 7.00. The van der Waals surface area contributed by atoms with Gasteiger partial charge in [0.25, 0.3) is 0 Å². The molecular formula is C27H32FN3O6. The molecule has 1 aliphatic heterocycles. The Morgan fingerprint density at radius 3 is 2.70 bits per heavy atom. The summed E-state index contributed by atoms with van der Waals surface area (Å²) in [5, 5.41) is 12.4. The number of ether oxygens (including phenoxy) is 2. The van der Waals surface area contributed by atoms with Crippen molar-refractivity contribution in [2.75, 3.05) is 25.2 Å². The Labute approximate surface area is 215 Å². The van der Waals surface area contributed by atoms with Gasteiger partial charge < -0.3 is 19.9 Å². The molecule has 1 aliphatic carbocycles. The molecule has 0 radical (unpaired) electrons. The summed E-state index contributed by atoms with van der Waals surface area (Å²) in [5.74, 6) is -0.657. The van der Waals surface area contributed by atoms with Gasteiger partial charge in [0.05, 0.1) is 26.2 Å². The van der Waals surface area contributed by atoms with Crippen molar-refractivity contribution in [3.63, 3.8) is 0 Å². The molecule has 1 atom stereocenters. The number of nitrogens with zero attached hydrogens (tertiary/aromatic N) is 2. The lowest BCUT2D eigenvalue weighted by atomic mass is 9.72. The van der Waals surface area contributed by atoms with Crippen LogP contribution in [0.3, 0.4) is 0 Å². The third kappa shape index (κ3) is 6.18. The van der Waals surface area contributed by atoms with E-state index >= 15 is 0 Å². The maximum atomic E-state index is 14.3. The molecule has 2 aromatic rings. The summed E-state index contributed by atoms with van der Waals surface area (Å²) in [6.07, 6.45) is 2.43. The number of hydrogen-bond acceptors (Lipinski definition) is 6. The van der Waals surface area contributed by atoms with E-state index in [4.69, 9.17) is 9.47 Å². The summed E-state index contributed by atoms with van der Waals surface area (Å²) in [5.41, 5.74) is 2.20.